The molecule has 122 valence electrons. The third-order valence-electron chi connectivity index (χ3n) is 3.15. The largest absolute Gasteiger partial charge is 0.464 e. The standard InChI is InChI=1S/C15H24N4O3/c1-5-21-13-16-7-6-12(17-13)18-8-10-19(11-9-18)14(20)22-15(2,3)4/h6-7H,5,8-11H2,1-4H3. The van der Waals surface area contributed by atoms with Crippen LogP contribution in [0.3, 0.4) is 0 Å². The number of nitrogens with zero attached hydrogens (tertiary/aromatic N) is 4. The molecule has 0 spiro atoms. The molecule has 22 heavy (non-hydrogen) atoms. The van der Waals surface area contributed by atoms with Crippen LogP contribution in [0.4, 0.5) is 10.6 Å². The third-order valence-corrected chi connectivity index (χ3v) is 3.15. The first-order chi connectivity index (χ1) is 10.4. The topological polar surface area (TPSA) is 67.8 Å². The minimum absolute atomic E-state index is 0.259. The first-order valence-electron chi connectivity index (χ1n) is 7.58. The minimum atomic E-state index is -0.465. The normalized spacial score (nSPS) is 15.6. The molecule has 7 nitrogen and oxygen atoms in total. The van der Waals surface area contributed by atoms with Crippen LogP contribution >= 0.6 is 0 Å². The summed E-state index contributed by atoms with van der Waals surface area (Å²) in [6.07, 6.45) is 1.43. The zero-order chi connectivity index (χ0) is 16.2. The molecule has 0 bridgehead atoms. The predicted molar refractivity (Wildman–Crippen MR) is 83.2 cm³/mol. The van der Waals surface area contributed by atoms with Crippen molar-refractivity contribution < 1.29 is 14.3 Å². The Morgan fingerprint density at radius 1 is 1.27 bits per heavy atom. The van der Waals surface area contributed by atoms with Gasteiger partial charge in [0.25, 0.3) is 0 Å². The first kappa shape index (κ1) is 16.3. The predicted octanol–water partition coefficient (Wildman–Crippen LogP) is 1.93. The van der Waals surface area contributed by atoms with Crippen LogP contribution in [-0.4, -0.2) is 59.3 Å². The highest BCUT2D eigenvalue weighted by Gasteiger charge is 2.26. The molecular formula is C15H24N4O3. The van der Waals surface area contributed by atoms with Crippen molar-refractivity contribution in [2.24, 2.45) is 0 Å². The fourth-order valence-corrected chi connectivity index (χ4v) is 2.15. The molecule has 0 radical (unpaired) electrons. The molecule has 1 fully saturated rings. The van der Waals surface area contributed by atoms with Gasteiger partial charge in [0, 0.05) is 32.4 Å². The lowest BCUT2D eigenvalue weighted by atomic mass is 10.2. The number of hydrogen-bond acceptors (Lipinski definition) is 6. The van der Waals surface area contributed by atoms with Crippen LogP contribution in [0.25, 0.3) is 0 Å². The van der Waals surface area contributed by atoms with E-state index < -0.39 is 5.60 Å². The summed E-state index contributed by atoms with van der Waals surface area (Å²) < 4.78 is 10.7. The zero-order valence-electron chi connectivity index (χ0n) is 13.7. The van der Waals surface area contributed by atoms with Crippen LogP contribution in [0.5, 0.6) is 6.01 Å². The van der Waals surface area contributed by atoms with Gasteiger partial charge in [-0.1, -0.05) is 0 Å². The molecule has 2 heterocycles. The average Bonchev–Trinajstić information content (AvgIpc) is 2.46. The number of hydrogen-bond donors (Lipinski definition) is 0. The highest BCUT2D eigenvalue weighted by atomic mass is 16.6. The monoisotopic (exact) mass is 308 g/mol. The maximum Gasteiger partial charge on any atom is 0.410 e. The summed E-state index contributed by atoms with van der Waals surface area (Å²) in [5.41, 5.74) is -0.465. The van der Waals surface area contributed by atoms with Crippen molar-refractivity contribution in [2.45, 2.75) is 33.3 Å². The Hall–Kier alpha value is -2.05. The summed E-state index contributed by atoms with van der Waals surface area (Å²) in [5.74, 6) is 0.822. The van der Waals surface area contributed by atoms with Crippen LogP contribution in [0.2, 0.25) is 0 Å². The molecule has 2 rings (SSSR count). The highest BCUT2D eigenvalue weighted by Crippen LogP contribution is 2.17. The van der Waals surface area contributed by atoms with E-state index in [1.807, 2.05) is 33.8 Å². The van der Waals surface area contributed by atoms with Crippen molar-refractivity contribution in [1.29, 1.82) is 0 Å². The van der Waals surface area contributed by atoms with E-state index in [1.165, 1.54) is 0 Å². The van der Waals surface area contributed by atoms with E-state index in [0.29, 0.717) is 38.8 Å². The van der Waals surface area contributed by atoms with Crippen LogP contribution in [0.15, 0.2) is 12.3 Å². The Kier molecular flexibility index (Phi) is 5.05. The van der Waals surface area contributed by atoms with E-state index in [2.05, 4.69) is 14.9 Å². The molecule has 0 aliphatic carbocycles. The zero-order valence-corrected chi connectivity index (χ0v) is 13.7. The van der Waals surface area contributed by atoms with E-state index in [0.717, 1.165) is 5.82 Å². The maximum absolute atomic E-state index is 12.0. The van der Waals surface area contributed by atoms with E-state index in [1.54, 1.807) is 11.1 Å². The summed E-state index contributed by atoms with van der Waals surface area (Å²) in [6.45, 7) is 10.7. The van der Waals surface area contributed by atoms with Gasteiger partial charge in [-0.3, -0.25) is 0 Å². The van der Waals surface area contributed by atoms with Crippen molar-refractivity contribution in [2.75, 3.05) is 37.7 Å². The second-order valence-electron chi connectivity index (χ2n) is 6.08. The molecule has 1 aromatic rings. The van der Waals surface area contributed by atoms with Gasteiger partial charge < -0.3 is 19.3 Å². The minimum Gasteiger partial charge on any atom is -0.464 e. The van der Waals surface area contributed by atoms with Gasteiger partial charge in [0.05, 0.1) is 6.61 Å². The maximum atomic E-state index is 12.0. The number of piperazine rings is 1. The molecule has 0 atom stereocenters. The van der Waals surface area contributed by atoms with E-state index in [-0.39, 0.29) is 6.09 Å². The van der Waals surface area contributed by atoms with Gasteiger partial charge in [0.15, 0.2) is 0 Å². The van der Waals surface area contributed by atoms with Crippen LogP contribution in [0.1, 0.15) is 27.7 Å². The second-order valence-corrected chi connectivity index (χ2v) is 6.08. The van der Waals surface area contributed by atoms with Gasteiger partial charge in [-0.05, 0) is 33.8 Å². The Bertz CT molecular complexity index is 508. The van der Waals surface area contributed by atoms with Crippen molar-refractivity contribution in [1.82, 2.24) is 14.9 Å². The van der Waals surface area contributed by atoms with Crippen molar-refractivity contribution in [3.63, 3.8) is 0 Å². The summed E-state index contributed by atoms with van der Waals surface area (Å²) in [4.78, 5) is 24.3. The Labute approximate surface area is 131 Å². The van der Waals surface area contributed by atoms with Crippen molar-refractivity contribution in [3.05, 3.63) is 12.3 Å². The van der Waals surface area contributed by atoms with Gasteiger partial charge in [-0.2, -0.15) is 4.98 Å². The number of aromatic nitrogens is 2. The number of ether oxygens (including phenoxy) is 2. The van der Waals surface area contributed by atoms with Crippen LogP contribution in [-0.2, 0) is 4.74 Å². The lowest BCUT2D eigenvalue weighted by Gasteiger charge is -2.36. The van der Waals surface area contributed by atoms with Crippen LogP contribution in [0, 0.1) is 0 Å². The van der Waals surface area contributed by atoms with Crippen molar-refractivity contribution in [3.8, 4) is 6.01 Å². The number of carbonyl (C=O) groups is 1. The van der Waals surface area contributed by atoms with Crippen LogP contribution < -0.4 is 9.64 Å². The van der Waals surface area contributed by atoms with Gasteiger partial charge in [-0.15, -0.1) is 0 Å². The molecule has 0 unspecified atom stereocenters. The van der Waals surface area contributed by atoms with E-state index in [4.69, 9.17) is 9.47 Å². The quantitative estimate of drug-likeness (QED) is 0.850. The molecule has 0 saturated carbocycles. The molecule has 0 aromatic carbocycles. The molecule has 0 N–H and O–H groups in total. The number of anilines is 1. The summed E-state index contributed by atoms with van der Waals surface area (Å²) >= 11 is 0. The smallest absolute Gasteiger partial charge is 0.410 e. The summed E-state index contributed by atoms with van der Waals surface area (Å²) in [6, 6.07) is 2.24. The number of rotatable bonds is 3. The lowest BCUT2D eigenvalue weighted by molar-refractivity contribution is 0.0240. The number of amides is 1. The lowest BCUT2D eigenvalue weighted by Crippen LogP contribution is -2.50. The Balaban J connectivity index is 1.92. The summed E-state index contributed by atoms with van der Waals surface area (Å²) in [7, 11) is 0. The van der Waals surface area contributed by atoms with Gasteiger partial charge >= 0.3 is 12.1 Å². The molecule has 1 aliphatic heterocycles. The van der Waals surface area contributed by atoms with E-state index in [9.17, 15) is 4.79 Å². The first-order valence-corrected chi connectivity index (χ1v) is 7.58. The van der Waals surface area contributed by atoms with Gasteiger partial charge in [0.1, 0.15) is 11.4 Å². The fraction of sp³-hybridized carbons (Fsp3) is 0.667. The molecule has 7 heteroatoms. The molecule has 1 aliphatic rings. The molecule has 1 aromatic heterocycles. The number of carbonyl (C=O) groups excluding carboxylic acids is 1. The molecule has 1 saturated heterocycles. The SMILES string of the molecule is CCOc1nccc(N2CCN(C(=O)OC(C)(C)C)CC2)n1. The average molecular weight is 308 g/mol. The van der Waals surface area contributed by atoms with E-state index >= 15 is 0 Å². The van der Waals surface area contributed by atoms with Gasteiger partial charge in [-0.25, -0.2) is 9.78 Å². The molecule has 1 amide bonds. The summed E-state index contributed by atoms with van der Waals surface area (Å²) in [5, 5.41) is 0. The fourth-order valence-electron chi connectivity index (χ4n) is 2.15. The third kappa shape index (κ3) is 4.47. The Morgan fingerprint density at radius 3 is 2.55 bits per heavy atom. The second kappa shape index (κ2) is 6.81. The van der Waals surface area contributed by atoms with Crippen molar-refractivity contribution >= 4 is 11.9 Å². The molecular weight excluding hydrogens is 284 g/mol. The Morgan fingerprint density at radius 2 is 1.95 bits per heavy atom. The highest BCUT2D eigenvalue weighted by molar-refractivity contribution is 5.68. The van der Waals surface area contributed by atoms with Gasteiger partial charge in [0.2, 0.25) is 0 Å².